The predicted octanol–water partition coefficient (Wildman–Crippen LogP) is 1.77. The summed E-state index contributed by atoms with van der Waals surface area (Å²) < 4.78 is 33.4. The summed E-state index contributed by atoms with van der Waals surface area (Å²) in [6.45, 7) is 2.60. The van der Waals surface area contributed by atoms with Gasteiger partial charge in [0.2, 0.25) is 12.7 Å². The number of carbonyl (C=O) groups is 4. The number of pyridine rings is 1. The Morgan fingerprint density at radius 3 is 2.53 bits per heavy atom. The molecule has 0 saturated carbocycles. The molecule has 1 aliphatic rings. The Balaban J connectivity index is 1.78. The fourth-order valence-corrected chi connectivity index (χ4v) is 4.48. The third-order valence-corrected chi connectivity index (χ3v) is 6.67. The Labute approximate surface area is 250 Å². The Bertz CT molecular complexity index is 1240. The number of aromatic nitrogens is 1. The molecule has 3 rings (SSSR count). The van der Waals surface area contributed by atoms with Crippen LogP contribution in [0.3, 0.4) is 0 Å². The van der Waals surface area contributed by atoms with Gasteiger partial charge in [0.25, 0.3) is 5.91 Å². The van der Waals surface area contributed by atoms with E-state index in [9.17, 15) is 19.2 Å². The smallest absolute Gasteiger partial charge is 0.331 e. The zero-order valence-electron chi connectivity index (χ0n) is 25.1. The van der Waals surface area contributed by atoms with Crippen LogP contribution in [0.25, 0.3) is 0 Å². The summed E-state index contributed by atoms with van der Waals surface area (Å²) >= 11 is 0. The number of benzene rings is 1. The van der Waals surface area contributed by atoms with Crippen molar-refractivity contribution >= 4 is 23.8 Å². The lowest BCUT2D eigenvalue weighted by Crippen LogP contribution is -2.46. The van der Waals surface area contributed by atoms with Crippen LogP contribution in [0.5, 0.6) is 11.5 Å². The van der Waals surface area contributed by atoms with Crippen molar-refractivity contribution in [3.05, 3.63) is 53.9 Å². The molecular weight excluding hydrogens is 562 g/mol. The first-order chi connectivity index (χ1) is 20.6. The summed E-state index contributed by atoms with van der Waals surface area (Å²) in [5.74, 6) is -2.28. The number of hydrogen-bond acceptors (Lipinski definition) is 11. The molecular formula is C30H39N3O10. The minimum Gasteiger partial charge on any atom is -0.493 e. The lowest BCUT2D eigenvalue weighted by molar-refractivity contribution is -0.161. The van der Waals surface area contributed by atoms with Crippen molar-refractivity contribution in [3.63, 3.8) is 0 Å². The van der Waals surface area contributed by atoms with Gasteiger partial charge >= 0.3 is 11.9 Å². The van der Waals surface area contributed by atoms with Crippen molar-refractivity contribution in [1.29, 1.82) is 0 Å². The number of hydrogen-bond donors (Lipinski definition) is 1. The number of rotatable bonds is 12. The molecule has 1 fully saturated rings. The van der Waals surface area contributed by atoms with E-state index in [1.54, 1.807) is 21.0 Å². The van der Waals surface area contributed by atoms with Crippen molar-refractivity contribution in [2.24, 2.45) is 5.92 Å². The second-order valence-corrected chi connectivity index (χ2v) is 10.1. The average molecular weight is 602 g/mol. The second-order valence-electron chi connectivity index (χ2n) is 10.1. The minimum absolute atomic E-state index is 0.0712. The number of amides is 2. The van der Waals surface area contributed by atoms with E-state index >= 15 is 0 Å². The Morgan fingerprint density at radius 1 is 1.12 bits per heavy atom. The number of methoxy groups -OCH3 is 1. The molecule has 13 nitrogen and oxygen atoms in total. The third-order valence-electron chi connectivity index (χ3n) is 6.67. The Kier molecular flexibility index (Phi) is 12.7. The van der Waals surface area contributed by atoms with E-state index in [4.69, 9.17) is 28.4 Å². The summed E-state index contributed by atoms with van der Waals surface area (Å²) in [6.07, 6.45) is 0.758. The van der Waals surface area contributed by atoms with Crippen LogP contribution in [0.1, 0.15) is 36.3 Å². The predicted molar refractivity (Wildman–Crippen MR) is 152 cm³/mol. The third kappa shape index (κ3) is 9.93. The molecule has 1 aliphatic heterocycles. The topological polar surface area (TPSA) is 152 Å². The highest BCUT2D eigenvalue weighted by Crippen LogP contribution is 2.30. The summed E-state index contributed by atoms with van der Waals surface area (Å²) in [4.78, 5) is 55.4. The van der Waals surface area contributed by atoms with E-state index in [1.807, 2.05) is 30.3 Å². The molecule has 0 unspecified atom stereocenters. The zero-order valence-corrected chi connectivity index (χ0v) is 25.1. The van der Waals surface area contributed by atoms with Gasteiger partial charge in [-0.3, -0.25) is 14.4 Å². The number of ether oxygens (including phenoxy) is 6. The SMILES string of the molecule is COc1ccnc(C(=O)N[C@H]2COC[C@H](Cc3ccccc3)[C@@H](OCCC(=O)N(C)C)[C@H](C)OC2=O)c1OCOC(C)=O. The summed E-state index contributed by atoms with van der Waals surface area (Å²) in [5, 5.41) is 2.61. The van der Waals surface area contributed by atoms with Crippen LogP contribution in [-0.4, -0.2) is 99.7 Å². The van der Waals surface area contributed by atoms with Gasteiger partial charge < -0.3 is 38.6 Å². The van der Waals surface area contributed by atoms with Crippen LogP contribution in [0.2, 0.25) is 0 Å². The number of nitrogens with one attached hydrogen (secondary N) is 1. The van der Waals surface area contributed by atoms with Gasteiger partial charge in [-0.2, -0.15) is 0 Å². The summed E-state index contributed by atoms with van der Waals surface area (Å²) in [5.41, 5.74) is 0.850. The zero-order chi connectivity index (χ0) is 31.4. The van der Waals surface area contributed by atoms with Crippen molar-refractivity contribution in [2.45, 2.75) is 44.9 Å². The summed E-state index contributed by atoms with van der Waals surface area (Å²) in [6, 6.07) is 10.0. The first-order valence-electron chi connectivity index (χ1n) is 13.8. The molecule has 43 heavy (non-hydrogen) atoms. The van der Waals surface area contributed by atoms with Gasteiger partial charge in [0.05, 0.1) is 39.5 Å². The molecule has 0 aliphatic carbocycles. The molecule has 13 heteroatoms. The van der Waals surface area contributed by atoms with E-state index in [0.717, 1.165) is 5.56 Å². The quantitative estimate of drug-likeness (QED) is 0.280. The molecule has 0 radical (unpaired) electrons. The van der Waals surface area contributed by atoms with Crippen LogP contribution in [0.15, 0.2) is 42.6 Å². The van der Waals surface area contributed by atoms with Gasteiger partial charge in [0.15, 0.2) is 23.2 Å². The van der Waals surface area contributed by atoms with Crippen LogP contribution < -0.4 is 14.8 Å². The monoisotopic (exact) mass is 601 g/mol. The molecule has 1 aromatic heterocycles. The second kappa shape index (κ2) is 16.4. The van der Waals surface area contributed by atoms with E-state index in [0.29, 0.717) is 6.42 Å². The van der Waals surface area contributed by atoms with Gasteiger partial charge in [-0.15, -0.1) is 0 Å². The van der Waals surface area contributed by atoms with E-state index < -0.39 is 42.9 Å². The highest BCUT2D eigenvalue weighted by atomic mass is 16.7. The normalized spacial score (nSPS) is 20.4. The molecule has 2 amide bonds. The van der Waals surface area contributed by atoms with Crippen molar-refractivity contribution < 1.29 is 47.6 Å². The maximum atomic E-state index is 13.3. The molecule has 1 aromatic carbocycles. The largest absolute Gasteiger partial charge is 0.493 e. The fourth-order valence-electron chi connectivity index (χ4n) is 4.48. The Hall–Kier alpha value is -4.23. The van der Waals surface area contributed by atoms with E-state index in [1.165, 1.54) is 31.2 Å². The van der Waals surface area contributed by atoms with Crippen LogP contribution >= 0.6 is 0 Å². The lowest BCUT2D eigenvalue weighted by Gasteiger charge is -2.31. The highest BCUT2D eigenvalue weighted by Gasteiger charge is 2.36. The van der Waals surface area contributed by atoms with Crippen LogP contribution in [0, 0.1) is 5.92 Å². The van der Waals surface area contributed by atoms with Gasteiger partial charge in [0.1, 0.15) is 6.10 Å². The molecule has 0 spiro atoms. The lowest BCUT2D eigenvalue weighted by atomic mass is 9.91. The molecule has 1 saturated heterocycles. The number of esters is 2. The Morgan fingerprint density at radius 2 is 1.86 bits per heavy atom. The van der Waals surface area contributed by atoms with E-state index in [-0.39, 0.29) is 55.3 Å². The molecule has 0 bridgehead atoms. The molecule has 2 heterocycles. The van der Waals surface area contributed by atoms with Crippen LogP contribution in [-0.2, 0) is 39.8 Å². The summed E-state index contributed by atoms with van der Waals surface area (Å²) in [7, 11) is 4.72. The van der Waals surface area contributed by atoms with Gasteiger partial charge in [-0.05, 0) is 18.9 Å². The first-order valence-corrected chi connectivity index (χ1v) is 13.8. The van der Waals surface area contributed by atoms with Crippen LogP contribution in [0.4, 0.5) is 0 Å². The maximum Gasteiger partial charge on any atom is 0.331 e. The minimum atomic E-state index is -1.18. The standard InChI is InChI=1S/C30H39N3O10/c1-19-27(40-14-12-25(35)33(3)4)22(15-21-9-7-6-8-10-21)16-39-17-23(30(37)43-19)32-29(36)26-28(42-18-41-20(2)34)24(38-5)11-13-31-26/h6-11,13,19,22-23,27H,12,14-18H2,1-5H3,(H,32,36)/t19-,22-,23-,27-/m0/s1. The van der Waals surface area contributed by atoms with Crippen molar-refractivity contribution in [2.75, 3.05) is 47.8 Å². The number of carbonyl (C=O) groups excluding carboxylic acids is 4. The van der Waals surface area contributed by atoms with Gasteiger partial charge in [-0.25, -0.2) is 9.78 Å². The molecule has 234 valence electrons. The van der Waals surface area contributed by atoms with Gasteiger partial charge in [-0.1, -0.05) is 30.3 Å². The van der Waals surface area contributed by atoms with E-state index in [2.05, 4.69) is 10.3 Å². The molecule has 4 atom stereocenters. The first kappa shape index (κ1) is 33.3. The number of cyclic esters (lactones) is 1. The molecule has 2 aromatic rings. The van der Waals surface area contributed by atoms with Crippen molar-refractivity contribution in [1.82, 2.24) is 15.2 Å². The fraction of sp³-hybridized carbons (Fsp3) is 0.500. The maximum absolute atomic E-state index is 13.3. The highest BCUT2D eigenvalue weighted by molar-refractivity contribution is 5.98. The number of nitrogens with zero attached hydrogens (tertiary/aromatic N) is 2. The van der Waals surface area contributed by atoms with Gasteiger partial charge in [0, 0.05) is 39.2 Å². The average Bonchev–Trinajstić information content (AvgIpc) is 3.02. The van der Waals surface area contributed by atoms with Crippen molar-refractivity contribution in [3.8, 4) is 11.5 Å². The molecule has 1 N–H and O–H groups in total.